The van der Waals surface area contributed by atoms with Crippen LogP contribution in [0.2, 0.25) is 5.02 Å². The van der Waals surface area contributed by atoms with Crippen molar-refractivity contribution in [1.29, 1.82) is 5.26 Å². The zero-order valence-electron chi connectivity index (χ0n) is 16.5. The van der Waals surface area contributed by atoms with E-state index in [1.54, 1.807) is 24.4 Å². The summed E-state index contributed by atoms with van der Waals surface area (Å²) in [5, 5.41) is 12.9. The van der Waals surface area contributed by atoms with Crippen LogP contribution >= 0.6 is 11.6 Å². The number of hydrogen-bond acceptors (Lipinski definition) is 4. The third kappa shape index (κ3) is 3.74. The Morgan fingerprint density at radius 2 is 1.97 bits per heavy atom. The molecule has 1 aromatic heterocycles. The Balaban J connectivity index is 1.53. The summed E-state index contributed by atoms with van der Waals surface area (Å²) < 4.78 is 5.76. The Hall–Kier alpha value is -3.36. The van der Waals surface area contributed by atoms with Crippen molar-refractivity contribution < 1.29 is 9.53 Å². The third-order valence-electron chi connectivity index (χ3n) is 5.59. The first kappa shape index (κ1) is 19.9. The number of benzene rings is 2. The van der Waals surface area contributed by atoms with Gasteiger partial charge >= 0.3 is 0 Å². The fourth-order valence-corrected chi connectivity index (χ4v) is 3.82. The number of amides is 1. The van der Waals surface area contributed by atoms with Crippen LogP contribution < -0.4 is 10.1 Å². The van der Waals surface area contributed by atoms with Gasteiger partial charge in [0.2, 0.25) is 11.8 Å². The molecule has 1 heterocycles. The van der Waals surface area contributed by atoms with Gasteiger partial charge < -0.3 is 10.1 Å². The number of pyridine rings is 1. The number of nitrogens with zero attached hydrogens (tertiary/aromatic N) is 2. The molecule has 1 aliphatic carbocycles. The zero-order valence-corrected chi connectivity index (χ0v) is 17.2. The van der Waals surface area contributed by atoms with Crippen LogP contribution in [0.5, 0.6) is 11.6 Å². The average molecular weight is 418 g/mol. The van der Waals surface area contributed by atoms with Gasteiger partial charge in [-0.2, -0.15) is 5.26 Å². The van der Waals surface area contributed by atoms with E-state index in [-0.39, 0.29) is 11.8 Å². The van der Waals surface area contributed by atoms with Crippen LogP contribution in [0, 0.1) is 18.3 Å². The second kappa shape index (κ2) is 8.17. The Morgan fingerprint density at radius 1 is 1.20 bits per heavy atom. The number of ether oxygens (including phenoxy) is 1. The van der Waals surface area contributed by atoms with Gasteiger partial charge in [-0.15, -0.1) is 0 Å². The average Bonchev–Trinajstić information content (AvgIpc) is 2.71. The highest BCUT2D eigenvalue weighted by Gasteiger charge is 2.45. The fourth-order valence-electron chi connectivity index (χ4n) is 3.70. The number of nitriles is 1. The van der Waals surface area contributed by atoms with Crippen LogP contribution in [0.15, 0.2) is 60.8 Å². The number of nitrogens with one attached hydrogen (secondary N) is 1. The Morgan fingerprint density at radius 3 is 2.60 bits per heavy atom. The first-order chi connectivity index (χ1) is 14.5. The van der Waals surface area contributed by atoms with E-state index in [2.05, 4.69) is 16.4 Å². The van der Waals surface area contributed by atoms with Crippen LogP contribution in [-0.2, 0) is 10.2 Å². The molecule has 2 aromatic carbocycles. The molecule has 1 fully saturated rings. The molecular formula is C24H20ClN3O2. The number of halogens is 1. The van der Waals surface area contributed by atoms with E-state index in [0.29, 0.717) is 16.3 Å². The molecule has 1 amide bonds. The van der Waals surface area contributed by atoms with E-state index in [4.69, 9.17) is 16.3 Å². The maximum Gasteiger partial charge on any atom is 0.237 e. The molecule has 30 heavy (non-hydrogen) atoms. The minimum Gasteiger partial charge on any atom is -0.438 e. The van der Waals surface area contributed by atoms with Gasteiger partial charge in [0.05, 0.1) is 5.41 Å². The molecule has 0 atom stereocenters. The first-order valence-corrected chi connectivity index (χ1v) is 10.1. The zero-order chi connectivity index (χ0) is 21.1. The number of rotatable bonds is 5. The minimum absolute atomic E-state index is 0.00988. The molecule has 1 saturated carbocycles. The maximum absolute atomic E-state index is 13.2. The van der Waals surface area contributed by atoms with E-state index in [1.165, 1.54) is 0 Å². The highest BCUT2D eigenvalue weighted by molar-refractivity contribution is 6.30. The highest BCUT2D eigenvalue weighted by atomic mass is 35.5. The molecule has 0 aliphatic heterocycles. The van der Waals surface area contributed by atoms with Crippen molar-refractivity contribution in [3.8, 4) is 17.7 Å². The van der Waals surface area contributed by atoms with Gasteiger partial charge in [-0.05, 0) is 73.4 Å². The van der Waals surface area contributed by atoms with Crippen molar-refractivity contribution in [3.63, 3.8) is 0 Å². The van der Waals surface area contributed by atoms with Gasteiger partial charge in [0.1, 0.15) is 17.4 Å². The molecular weight excluding hydrogens is 398 g/mol. The van der Waals surface area contributed by atoms with E-state index in [9.17, 15) is 10.1 Å². The molecule has 0 radical (unpaired) electrons. The summed E-state index contributed by atoms with van der Waals surface area (Å²) in [5.41, 5.74) is 2.44. The molecule has 0 bridgehead atoms. The molecule has 0 unspecified atom stereocenters. The number of anilines is 1. The van der Waals surface area contributed by atoms with Crippen molar-refractivity contribution in [2.24, 2.45) is 0 Å². The number of hydrogen-bond donors (Lipinski definition) is 1. The van der Waals surface area contributed by atoms with E-state index < -0.39 is 5.41 Å². The predicted octanol–water partition coefficient (Wildman–Crippen LogP) is 5.77. The number of carbonyl (C=O) groups excluding carboxylic acids is 1. The normalized spacial score (nSPS) is 14.3. The van der Waals surface area contributed by atoms with Gasteiger partial charge in [-0.1, -0.05) is 30.2 Å². The molecule has 3 aromatic rings. The second-order valence-electron chi connectivity index (χ2n) is 7.44. The SMILES string of the molecule is Cc1cc(Oc2ncccc2C#N)ccc1NC(=O)C1(c2ccc(Cl)cc2)CCC1. The van der Waals surface area contributed by atoms with Crippen molar-refractivity contribution in [2.45, 2.75) is 31.6 Å². The number of aromatic nitrogens is 1. The van der Waals surface area contributed by atoms with Gasteiger partial charge in [-0.25, -0.2) is 4.98 Å². The van der Waals surface area contributed by atoms with Gasteiger partial charge in [0.15, 0.2) is 0 Å². The van der Waals surface area contributed by atoms with Gasteiger partial charge in [0, 0.05) is 16.9 Å². The third-order valence-corrected chi connectivity index (χ3v) is 5.84. The monoisotopic (exact) mass is 417 g/mol. The standard InChI is InChI=1S/C24H20ClN3O2/c1-16-14-20(30-22-17(15-26)4-2-13-27-22)9-10-21(16)28-23(29)24(11-3-12-24)18-5-7-19(25)8-6-18/h2,4-10,13-14H,3,11-12H2,1H3,(H,28,29). The first-order valence-electron chi connectivity index (χ1n) is 9.73. The predicted molar refractivity (Wildman–Crippen MR) is 116 cm³/mol. The van der Waals surface area contributed by atoms with Gasteiger partial charge in [0.25, 0.3) is 0 Å². The Kier molecular flexibility index (Phi) is 5.43. The molecule has 0 saturated heterocycles. The van der Waals surface area contributed by atoms with Crippen LogP contribution in [0.3, 0.4) is 0 Å². The smallest absolute Gasteiger partial charge is 0.237 e. The van der Waals surface area contributed by atoms with E-state index in [0.717, 1.165) is 36.1 Å². The molecule has 0 spiro atoms. The lowest BCUT2D eigenvalue weighted by Crippen LogP contribution is -2.46. The highest BCUT2D eigenvalue weighted by Crippen LogP contribution is 2.45. The molecule has 4 rings (SSSR count). The van der Waals surface area contributed by atoms with E-state index >= 15 is 0 Å². The molecule has 1 N–H and O–H groups in total. The summed E-state index contributed by atoms with van der Waals surface area (Å²) in [7, 11) is 0. The molecule has 5 nitrogen and oxygen atoms in total. The number of aryl methyl sites for hydroxylation is 1. The summed E-state index contributed by atoms with van der Waals surface area (Å²) in [6, 6.07) is 18.3. The number of carbonyl (C=O) groups is 1. The Labute approximate surface area is 180 Å². The van der Waals surface area contributed by atoms with Gasteiger partial charge in [-0.3, -0.25) is 4.79 Å². The van der Waals surface area contributed by atoms with Crippen LogP contribution in [0.1, 0.15) is 36.0 Å². The quantitative estimate of drug-likeness (QED) is 0.572. The van der Waals surface area contributed by atoms with Crippen molar-refractivity contribution in [1.82, 2.24) is 4.98 Å². The van der Waals surface area contributed by atoms with Crippen molar-refractivity contribution in [3.05, 3.63) is 82.5 Å². The van der Waals surface area contributed by atoms with Crippen molar-refractivity contribution in [2.75, 3.05) is 5.32 Å². The summed E-state index contributed by atoms with van der Waals surface area (Å²) in [6.45, 7) is 1.90. The second-order valence-corrected chi connectivity index (χ2v) is 7.88. The van der Waals surface area contributed by atoms with E-state index in [1.807, 2.05) is 43.3 Å². The summed E-state index contributed by atoms with van der Waals surface area (Å²) in [6.07, 6.45) is 4.23. The maximum atomic E-state index is 13.2. The minimum atomic E-state index is -0.512. The lowest BCUT2D eigenvalue weighted by atomic mass is 9.64. The molecule has 150 valence electrons. The lowest BCUT2D eigenvalue weighted by Gasteiger charge is -2.40. The van der Waals surface area contributed by atoms with Crippen LogP contribution in [-0.4, -0.2) is 10.9 Å². The summed E-state index contributed by atoms with van der Waals surface area (Å²) in [4.78, 5) is 17.3. The molecule has 6 heteroatoms. The summed E-state index contributed by atoms with van der Waals surface area (Å²) >= 11 is 6.01. The van der Waals surface area contributed by atoms with Crippen LogP contribution in [0.4, 0.5) is 5.69 Å². The largest absolute Gasteiger partial charge is 0.438 e. The lowest BCUT2D eigenvalue weighted by molar-refractivity contribution is -0.124. The summed E-state index contributed by atoms with van der Waals surface area (Å²) in [5.74, 6) is 0.799. The molecule has 1 aliphatic rings. The topological polar surface area (TPSA) is 75.0 Å². The van der Waals surface area contributed by atoms with Crippen LogP contribution in [0.25, 0.3) is 0 Å². The Bertz CT molecular complexity index is 1130. The van der Waals surface area contributed by atoms with Crippen molar-refractivity contribution >= 4 is 23.2 Å². The fraction of sp³-hybridized carbons (Fsp3) is 0.208.